The van der Waals surface area contributed by atoms with Crippen molar-refractivity contribution in [2.45, 2.75) is 19.8 Å². The van der Waals surface area contributed by atoms with E-state index in [9.17, 15) is 9.59 Å². The Labute approximate surface area is 169 Å². The highest BCUT2D eigenvalue weighted by Gasteiger charge is 2.13. The van der Waals surface area contributed by atoms with Crippen LogP contribution in [-0.4, -0.2) is 29.2 Å². The summed E-state index contributed by atoms with van der Waals surface area (Å²) in [7, 11) is 1.33. The molecule has 0 aliphatic rings. The first kappa shape index (κ1) is 20.0. The van der Waals surface area contributed by atoms with Crippen molar-refractivity contribution in [1.82, 2.24) is 10.2 Å². The van der Waals surface area contributed by atoms with Crippen molar-refractivity contribution in [1.29, 1.82) is 0 Å². The summed E-state index contributed by atoms with van der Waals surface area (Å²) in [5.74, 6) is -0.0191. The van der Waals surface area contributed by atoms with Crippen molar-refractivity contribution in [2.75, 3.05) is 17.7 Å². The fraction of sp³-hybridized carbons (Fsp3) is 0.182. The Morgan fingerprint density at radius 3 is 2.45 bits per heavy atom. The number of ether oxygens (including phenoxy) is 1. The number of esters is 1. The van der Waals surface area contributed by atoms with Crippen molar-refractivity contribution in [3.05, 3.63) is 77.5 Å². The van der Waals surface area contributed by atoms with E-state index in [0.717, 1.165) is 11.3 Å². The van der Waals surface area contributed by atoms with Gasteiger partial charge >= 0.3 is 5.97 Å². The molecule has 1 aromatic heterocycles. The van der Waals surface area contributed by atoms with Gasteiger partial charge in [-0.1, -0.05) is 38.1 Å². The zero-order valence-corrected chi connectivity index (χ0v) is 16.5. The number of para-hydroxylation sites is 1. The van der Waals surface area contributed by atoms with Gasteiger partial charge in [0.25, 0.3) is 5.91 Å². The number of anilines is 3. The highest BCUT2D eigenvalue weighted by atomic mass is 16.5. The molecule has 0 atom stereocenters. The van der Waals surface area contributed by atoms with Crippen molar-refractivity contribution >= 4 is 29.1 Å². The second kappa shape index (κ2) is 8.97. The molecule has 0 aliphatic heterocycles. The van der Waals surface area contributed by atoms with E-state index in [2.05, 4.69) is 34.7 Å². The fourth-order valence-corrected chi connectivity index (χ4v) is 2.81. The zero-order chi connectivity index (χ0) is 20.8. The van der Waals surface area contributed by atoms with E-state index in [1.807, 2.05) is 24.3 Å². The minimum Gasteiger partial charge on any atom is -0.465 e. The van der Waals surface area contributed by atoms with Crippen LogP contribution in [0.25, 0.3) is 0 Å². The Bertz CT molecular complexity index is 1020. The van der Waals surface area contributed by atoms with Gasteiger partial charge in [-0.3, -0.25) is 4.79 Å². The van der Waals surface area contributed by atoms with Gasteiger partial charge in [-0.15, -0.1) is 10.2 Å². The van der Waals surface area contributed by atoms with E-state index in [4.69, 9.17) is 4.74 Å². The number of benzene rings is 2. The summed E-state index contributed by atoms with van der Waals surface area (Å²) in [4.78, 5) is 24.2. The van der Waals surface area contributed by atoms with Gasteiger partial charge in [0.15, 0.2) is 11.5 Å². The number of amides is 1. The van der Waals surface area contributed by atoms with Gasteiger partial charge in [-0.25, -0.2) is 4.79 Å². The Morgan fingerprint density at radius 1 is 0.966 bits per heavy atom. The molecule has 1 amide bonds. The quantitative estimate of drug-likeness (QED) is 0.607. The maximum atomic E-state index is 12.5. The van der Waals surface area contributed by atoms with Gasteiger partial charge < -0.3 is 15.4 Å². The third-order valence-corrected chi connectivity index (χ3v) is 4.28. The molecule has 1 heterocycles. The predicted octanol–water partition coefficient (Wildman–Crippen LogP) is 4.38. The van der Waals surface area contributed by atoms with Crippen LogP contribution in [0.1, 0.15) is 46.2 Å². The third-order valence-electron chi connectivity index (χ3n) is 4.28. The van der Waals surface area contributed by atoms with Gasteiger partial charge in [0, 0.05) is 11.4 Å². The molecule has 0 radical (unpaired) electrons. The molecule has 3 rings (SSSR count). The summed E-state index contributed by atoms with van der Waals surface area (Å²) < 4.78 is 4.72. The molecule has 0 aliphatic carbocycles. The molecule has 2 N–H and O–H groups in total. The Hall–Kier alpha value is -3.74. The lowest BCUT2D eigenvalue weighted by atomic mass is 10.0. The van der Waals surface area contributed by atoms with Crippen LogP contribution in [0.5, 0.6) is 0 Å². The highest BCUT2D eigenvalue weighted by molar-refractivity contribution is 6.03. The monoisotopic (exact) mass is 390 g/mol. The third kappa shape index (κ3) is 4.95. The average Bonchev–Trinajstić information content (AvgIpc) is 2.74. The maximum Gasteiger partial charge on any atom is 0.337 e. The summed E-state index contributed by atoms with van der Waals surface area (Å²) in [6.45, 7) is 4.14. The van der Waals surface area contributed by atoms with Crippen molar-refractivity contribution < 1.29 is 14.3 Å². The smallest absolute Gasteiger partial charge is 0.337 e. The largest absolute Gasteiger partial charge is 0.465 e. The summed E-state index contributed by atoms with van der Waals surface area (Å²) >= 11 is 0. The predicted molar refractivity (Wildman–Crippen MR) is 112 cm³/mol. The summed E-state index contributed by atoms with van der Waals surface area (Å²) in [6.07, 6.45) is 0. The maximum absolute atomic E-state index is 12.5. The van der Waals surface area contributed by atoms with Crippen molar-refractivity contribution in [3.63, 3.8) is 0 Å². The number of carbonyl (C=O) groups excluding carboxylic acids is 2. The summed E-state index contributed by atoms with van der Waals surface area (Å²) in [6, 6.07) is 17.7. The molecular formula is C22H22N4O3. The van der Waals surface area contributed by atoms with Crippen LogP contribution < -0.4 is 10.6 Å². The molecule has 0 fully saturated rings. The number of hydrogen-bond acceptors (Lipinski definition) is 6. The lowest BCUT2D eigenvalue weighted by molar-refractivity contribution is 0.0600. The van der Waals surface area contributed by atoms with Gasteiger partial charge in [0.2, 0.25) is 0 Å². The van der Waals surface area contributed by atoms with Gasteiger partial charge in [-0.05, 0) is 47.9 Å². The molecular weight excluding hydrogens is 368 g/mol. The van der Waals surface area contributed by atoms with E-state index >= 15 is 0 Å². The lowest BCUT2D eigenvalue weighted by Gasteiger charge is -2.13. The highest BCUT2D eigenvalue weighted by Crippen LogP contribution is 2.24. The molecule has 0 saturated carbocycles. The Balaban J connectivity index is 1.71. The number of nitrogens with one attached hydrogen (secondary N) is 2. The second-order valence-electron chi connectivity index (χ2n) is 6.70. The van der Waals surface area contributed by atoms with Crippen LogP contribution in [0.2, 0.25) is 0 Å². The number of methoxy groups -OCH3 is 1. The normalized spacial score (nSPS) is 10.5. The van der Waals surface area contributed by atoms with Crippen molar-refractivity contribution in [2.24, 2.45) is 0 Å². The first-order chi connectivity index (χ1) is 14.0. The van der Waals surface area contributed by atoms with Gasteiger partial charge in [-0.2, -0.15) is 0 Å². The minimum atomic E-state index is -0.423. The first-order valence-corrected chi connectivity index (χ1v) is 9.17. The molecule has 29 heavy (non-hydrogen) atoms. The van der Waals surface area contributed by atoms with Gasteiger partial charge in [0.05, 0.1) is 12.7 Å². The van der Waals surface area contributed by atoms with Crippen LogP contribution in [0.3, 0.4) is 0 Å². The molecule has 3 aromatic rings. The van der Waals surface area contributed by atoms with Crippen LogP contribution in [-0.2, 0) is 4.74 Å². The molecule has 0 unspecified atom stereocenters. The number of hydrogen-bond donors (Lipinski definition) is 2. The van der Waals surface area contributed by atoms with Crippen molar-refractivity contribution in [3.8, 4) is 0 Å². The standard InChI is InChI=1S/C22H22N4O3/c1-14(2)17-9-4-5-10-18(17)24-21(27)19-11-12-20(26-25-19)23-16-8-6-7-15(13-16)22(28)29-3/h4-14H,1-3H3,(H,23,26)(H,24,27). The van der Waals surface area contributed by atoms with E-state index < -0.39 is 5.97 Å². The van der Waals surface area contributed by atoms with Crippen LogP contribution >= 0.6 is 0 Å². The number of nitrogens with zero attached hydrogens (tertiary/aromatic N) is 2. The SMILES string of the molecule is COC(=O)c1cccc(Nc2ccc(C(=O)Nc3ccccc3C(C)C)nn2)c1. The van der Waals surface area contributed by atoms with E-state index in [0.29, 0.717) is 17.1 Å². The second-order valence-corrected chi connectivity index (χ2v) is 6.70. The van der Waals surface area contributed by atoms with Crippen LogP contribution in [0.4, 0.5) is 17.2 Å². The molecule has 7 nitrogen and oxygen atoms in total. The van der Waals surface area contributed by atoms with E-state index in [-0.39, 0.29) is 17.5 Å². The first-order valence-electron chi connectivity index (χ1n) is 9.17. The summed E-state index contributed by atoms with van der Waals surface area (Å²) in [5.41, 5.74) is 3.10. The Kier molecular flexibility index (Phi) is 6.19. The average molecular weight is 390 g/mol. The summed E-state index contributed by atoms with van der Waals surface area (Å²) in [5, 5.41) is 14.0. The lowest BCUT2D eigenvalue weighted by Crippen LogP contribution is -2.16. The molecule has 0 saturated heterocycles. The molecule has 148 valence electrons. The fourth-order valence-electron chi connectivity index (χ4n) is 2.81. The number of aromatic nitrogens is 2. The van der Waals surface area contributed by atoms with Crippen LogP contribution in [0, 0.1) is 0 Å². The van der Waals surface area contributed by atoms with Crippen LogP contribution in [0.15, 0.2) is 60.7 Å². The Morgan fingerprint density at radius 2 is 1.76 bits per heavy atom. The zero-order valence-electron chi connectivity index (χ0n) is 16.5. The minimum absolute atomic E-state index is 0.206. The number of rotatable bonds is 6. The molecule has 7 heteroatoms. The molecule has 2 aromatic carbocycles. The van der Waals surface area contributed by atoms with E-state index in [1.54, 1.807) is 36.4 Å². The molecule has 0 bridgehead atoms. The van der Waals surface area contributed by atoms with Gasteiger partial charge in [0.1, 0.15) is 0 Å². The topological polar surface area (TPSA) is 93.2 Å². The van der Waals surface area contributed by atoms with E-state index in [1.165, 1.54) is 7.11 Å². The number of carbonyl (C=O) groups is 2. The molecule has 0 spiro atoms.